The van der Waals surface area contributed by atoms with Crippen LogP contribution in [0.1, 0.15) is 84.6 Å². The summed E-state index contributed by atoms with van der Waals surface area (Å²) < 4.78 is 95.2. The third-order valence-corrected chi connectivity index (χ3v) is 14.3. The zero-order chi connectivity index (χ0) is 45.2. The van der Waals surface area contributed by atoms with E-state index in [0.717, 1.165) is 42.7 Å². The van der Waals surface area contributed by atoms with Crippen LogP contribution in [0.5, 0.6) is 0 Å². The Kier molecular flexibility index (Phi) is 11.0. The van der Waals surface area contributed by atoms with Crippen LogP contribution >= 0.6 is 0 Å². The topological polar surface area (TPSA) is 181 Å². The van der Waals surface area contributed by atoms with E-state index < -0.39 is 64.3 Å². The lowest BCUT2D eigenvalue weighted by Gasteiger charge is -2.51. The summed E-state index contributed by atoms with van der Waals surface area (Å²) in [5, 5.41) is 21.3. The van der Waals surface area contributed by atoms with Crippen LogP contribution in [-0.4, -0.2) is 140 Å². The molecule has 0 radical (unpaired) electrons. The van der Waals surface area contributed by atoms with E-state index in [1.54, 1.807) is 4.90 Å². The minimum Gasteiger partial charge on any atom is -0.495 e. The summed E-state index contributed by atoms with van der Waals surface area (Å²) in [4.78, 5) is 60.7. The van der Waals surface area contributed by atoms with E-state index in [9.17, 15) is 45.5 Å². The number of rotatable bonds is 12. The molecule has 2 saturated carbocycles. The molecule has 5 saturated heterocycles. The monoisotopic (exact) mass is 902 g/mol. The van der Waals surface area contributed by atoms with Crippen molar-refractivity contribution in [2.24, 2.45) is 22.2 Å². The zero-order valence-corrected chi connectivity index (χ0v) is 34.8. The number of piperidine rings is 1. The van der Waals surface area contributed by atoms with E-state index in [2.05, 4.69) is 37.6 Å². The summed E-state index contributed by atoms with van der Waals surface area (Å²) in [5.41, 5.74) is -4.15. The molecule has 7 aliphatic rings. The van der Waals surface area contributed by atoms with Crippen LogP contribution in [0, 0.1) is 22.2 Å². The highest BCUT2D eigenvalue weighted by atomic mass is 19.4. The third-order valence-electron chi connectivity index (χ3n) is 14.3. The number of carbonyl (C=O) groups excluding carboxylic acids is 4. The summed E-state index contributed by atoms with van der Waals surface area (Å²) in [6.45, 7) is 4.70. The highest BCUT2D eigenvalue weighted by Gasteiger charge is 2.72. The molecule has 3 aromatic rings. The number of nitrogens with zero attached hydrogens (tertiary/aromatic N) is 8. The number of aromatic nitrogens is 6. The normalized spacial score (nSPS) is 25.5. The molecule has 2 bridgehead atoms. The number of benzene rings is 1. The number of carbonyl (C=O) groups is 4. The molecule has 2 aromatic heterocycles. The average molecular weight is 903 g/mol. The van der Waals surface area contributed by atoms with Gasteiger partial charge in [0, 0.05) is 62.2 Å². The smallest absolute Gasteiger partial charge is 0.416 e. The first-order chi connectivity index (χ1) is 30.4. The fourth-order valence-electron chi connectivity index (χ4n) is 10.2. The molecule has 16 nitrogen and oxygen atoms in total. The fraction of sp³-hybridized carbons (Fsp3) is 0.619. The number of nitrogens with one attached hydrogen (secondary N) is 2. The Balaban J connectivity index is 0.939. The van der Waals surface area contributed by atoms with E-state index in [1.165, 1.54) is 34.1 Å². The second kappa shape index (κ2) is 16.2. The number of amides is 4. The third kappa shape index (κ3) is 8.21. The molecule has 344 valence electrons. The minimum absolute atomic E-state index is 0.00687. The van der Waals surface area contributed by atoms with Gasteiger partial charge in [0.25, 0.3) is 11.8 Å². The number of likely N-dealkylation sites (tertiary alicyclic amines) is 3. The lowest BCUT2D eigenvalue weighted by atomic mass is 9.70. The van der Waals surface area contributed by atoms with E-state index >= 15 is 0 Å². The summed E-state index contributed by atoms with van der Waals surface area (Å²) in [7, 11) is 0. The number of hydrogen-bond acceptors (Lipinski definition) is 10. The van der Waals surface area contributed by atoms with E-state index in [-0.39, 0.29) is 80.9 Å². The fourth-order valence-corrected chi connectivity index (χ4v) is 10.2. The van der Waals surface area contributed by atoms with Crippen LogP contribution in [0.2, 0.25) is 0 Å². The molecule has 1 spiro atoms. The predicted octanol–water partition coefficient (Wildman–Crippen LogP) is 4.09. The molecule has 2 atom stereocenters. The van der Waals surface area contributed by atoms with Gasteiger partial charge in [0.2, 0.25) is 11.8 Å². The minimum atomic E-state index is -4.75. The zero-order valence-electron chi connectivity index (χ0n) is 34.8. The summed E-state index contributed by atoms with van der Waals surface area (Å²) in [6.07, 6.45) is -2.48. The van der Waals surface area contributed by atoms with Crippen molar-refractivity contribution < 1.29 is 55.0 Å². The van der Waals surface area contributed by atoms with Gasteiger partial charge in [-0.1, -0.05) is 23.9 Å². The second-order valence-corrected chi connectivity index (χ2v) is 18.5. The highest BCUT2D eigenvalue weighted by Crippen LogP contribution is 2.60. The van der Waals surface area contributed by atoms with Gasteiger partial charge in [-0.2, -0.15) is 36.7 Å². The Labute approximate surface area is 363 Å². The Bertz CT molecular complexity index is 2240. The molecule has 10 rings (SSSR count). The Morgan fingerprint density at radius 1 is 0.938 bits per heavy atom. The molecule has 2 aliphatic carbocycles. The van der Waals surface area contributed by atoms with Crippen LogP contribution in [0.25, 0.3) is 0 Å². The maximum Gasteiger partial charge on any atom is 0.416 e. The van der Waals surface area contributed by atoms with Gasteiger partial charge in [-0.15, -0.1) is 10.2 Å². The van der Waals surface area contributed by atoms with E-state index in [1.807, 2.05) is 0 Å². The van der Waals surface area contributed by atoms with Crippen LogP contribution in [0.3, 0.4) is 0 Å². The molecule has 7 heterocycles. The number of aromatic amines is 1. The average Bonchev–Trinajstić information content (AvgIpc) is 3.55. The standard InChI is InChI=1S/C42H48F6N10O6/c1-25(63-23-38-10-6-30(7-11-38)64-24-38)32(36(61)55-14-8-27(9-15-55)33-51-53-54-52-33)50-34(59)31-19-56(20-39(31)21-57(22-39)37(62)40(12-13-40)42(46,47)48)35(60)28-16-49-58(18-28)17-26-2-4-29(5-3-26)41(43,44)45/h2-5,16,18,27,30-32H,1,6-15,17,19-24H2,(H,50,59)(H,51,52,53,54)/t30?,31-,32?,38?/m0/s1. The largest absolute Gasteiger partial charge is 0.495 e. The Hall–Kier alpha value is -5.54. The first kappa shape index (κ1) is 43.7. The number of alkyl halides is 6. The molecule has 22 heteroatoms. The molecule has 2 N–H and O–H groups in total. The van der Waals surface area contributed by atoms with Crippen molar-refractivity contribution in [2.45, 2.75) is 88.3 Å². The van der Waals surface area contributed by atoms with E-state index in [4.69, 9.17) is 9.47 Å². The van der Waals surface area contributed by atoms with Gasteiger partial charge in [-0.25, -0.2) is 0 Å². The number of fused-ring (bicyclic) bond motifs is 3. The van der Waals surface area contributed by atoms with E-state index in [0.29, 0.717) is 43.9 Å². The van der Waals surface area contributed by atoms with Gasteiger partial charge >= 0.3 is 12.4 Å². The quantitative estimate of drug-likeness (QED) is 0.199. The number of hydrogen-bond donors (Lipinski definition) is 2. The van der Waals surface area contributed by atoms with Crippen molar-refractivity contribution >= 4 is 23.6 Å². The first-order valence-corrected chi connectivity index (χ1v) is 21.5. The van der Waals surface area contributed by atoms with Crippen LogP contribution in [0.4, 0.5) is 26.3 Å². The Morgan fingerprint density at radius 2 is 1.62 bits per heavy atom. The molecular weight excluding hydrogens is 855 g/mol. The van der Waals surface area contributed by atoms with Gasteiger partial charge in [-0.3, -0.25) is 23.9 Å². The van der Waals surface area contributed by atoms with Gasteiger partial charge in [0.15, 0.2) is 11.9 Å². The van der Waals surface area contributed by atoms with Gasteiger partial charge in [0.05, 0.1) is 49.1 Å². The van der Waals surface area contributed by atoms with Crippen LogP contribution < -0.4 is 5.32 Å². The molecular formula is C42H48F6N10O6. The first-order valence-electron chi connectivity index (χ1n) is 21.5. The molecule has 5 aliphatic heterocycles. The molecule has 7 fully saturated rings. The molecule has 4 amide bonds. The number of H-pyrrole nitrogens is 1. The van der Waals surface area contributed by atoms with Crippen LogP contribution in [0.15, 0.2) is 49.0 Å². The Morgan fingerprint density at radius 3 is 2.22 bits per heavy atom. The van der Waals surface area contributed by atoms with Gasteiger partial charge < -0.3 is 29.5 Å². The van der Waals surface area contributed by atoms with Crippen molar-refractivity contribution in [3.05, 3.63) is 71.5 Å². The van der Waals surface area contributed by atoms with Crippen LogP contribution in [-0.2, 0) is 36.6 Å². The summed E-state index contributed by atoms with van der Waals surface area (Å²) in [6, 6.07) is 3.13. The second-order valence-electron chi connectivity index (χ2n) is 18.5. The number of tetrazole rings is 1. The lowest BCUT2D eigenvalue weighted by molar-refractivity contribution is -0.205. The summed E-state index contributed by atoms with van der Waals surface area (Å²) in [5.74, 6) is -3.35. The van der Waals surface area contributed by atoms with Crippen molar-refractivity contribution in [3.63, 3.8) is 0 Å². The van der Waals surface area contributed by atoms with Crippen molar-refractivity contribution in [2.75, 3.05) is 52.5 Å². The number of halogens is 6. The predicted molar refractivity (Wildman–Crippen MR) is 209 cm³/mol. The maximum atomic E-state index is 14.7. The lowest BCUT2D eigenvalue weighted by Crippen LogP contribution is -2.66. The van der Waals surface area contributed by atoms with Crippen molar-refractivity contribution in [1.29, 1.82) is 0 Å². The molecule has 1 aromatic carbocycles. The summed E-state index contributed by atoms with van der Waals surface area (Å²) >= 11 is 0. The molecule has 64 heavy (non-hydrogen) atoms. The number of ether oxygens (including phenoxy) is 2. The molecule has 1 unspecified atom stereocenters. The maximum absolute atomic E-state index is 14.7. The van der Waals surface area contributed by atoms with Crippen molar-refractivity contribution in [3.8, 4) is 0 Å². The van der Waals surface area contributed by atoms with Gasteiger partial charge in [-0.05, 0) is 69.1 Å². The van der Waals surface area contributed by atoms with Crippen molar-refractivity contribution in [1.82, 2.24) is 50.4 Å². The van der Waals surface area contributed by atoms with Gasteiger partial charge in [0.1, 0.15) is 11.2 Å². The highest BCUT2D eigenvalue weighted by molar-refractivity contribution is 5.96. The SMILES string of the molecule is C=C(OCC12CCC(CC1)OC2)C(NC(=O)[C@@H]1CN(C(=O)c2cnn(Cc3ccc(C(F)(F)F)cc3)c2)CC12CN(C(=O)C1(C(F)(F)F)CC1)C2)C(=O)N1CCC(c2nn[nH]n2)CC1.